The maximum atomic E-state index is 12.9. The molecular formula is C19H23FN2O2S. The quantitative estimate of drug-likeness (QED) is 0.858. The largest absolute Gasteiger partial charge is 0.299 e. The summed E-state index contributed by atoms with van der Waals surface area (Å²) in [5, 5.41) is 0. The molecule has 1 saturated heterocycles. The fraction of sp³-hybridized carbons (Fsp3) is 0.368. The maximum absolute atomic E-state index is 12.9. The van der Waals surface area contributed by atoms with Crippen LogP contribution in [0.2, 0.25) is 0 Å². The molecule has 3 rings (SSSR count). The van der Waals surface area contributed by atoms with Crippen LogP contribution >= 0.6 is 0 Å². The number of hydrogen-bond donors (Lipinski definition) is 1. The standard InChI is InChI=1S/C19H23FN2O2S/c20-18-7-9-19(10-8-18)25(23,24)21-14-16-5-4-6-17(13-16)15-22-11-2-1-3-12-22/h4-10,13,21H,1-3,11-12,14-15H2. The van der Waals surface area contributed by atoms with Crippen LogP contribution in [0.3, 0.4) is 0 Å². The Bertz CT molecular complexity index is 800. The van der Waals surface area contributed by atoms with Crippen LogP contribution in [-0.2, 0) is 23.1 Å². The Labute approximate surface area is 148 Å². The Morgan fingerprint density at radius 3 is 2.36 bits per heavy atom. The van der Waals surface area contributed by atoms with Gasteiger partial charge in [0.15, 0.2) is 0 Å². The highest BCUT2D eigenvalue weighted by Crippen LogP contribution is 2.15. The van der Waals surface area contributed by atoms with E-state index in [4.69, 9.17) is 0 Å². The Kier molecular flexibility index (Phi) is 5.83. The minimum Gasteiger partial charge on any atom is -0.299 e. The summed E-state index contributed by atoms with van der Waals surface area (Å²) in [6, 6.07) is 12.8. The highest BCUT2D eigenvalue weighted by Gasteiger charge is 2.14. The average molecular weight is 362 g/mol. The lowest BCUT2D eigenvalue weighted by Gasteiger charge is -2.26. The van der Waals surface area contributed by atoms with E-state index in [1.807, 2.05) is 18.2 Å². The van der Waals surface area contributed by atoms with Crippen molar-refractivity contribution in [1.82, 2.24) is 9.62 Å². The van der Waals surface area contributed by atoms with E-state index >= 15 is 0 Å². The highest BCUT2D eigenvalue weighted by atomic mass is 32.2. The van der Waals surface area contributed by atoms with E-state index in [9.17, 15) is 12.8 Å². The zero-order valence-electron chi connectivity index (χ0n) is 14.1. The second-order valence-electron chi connectivity index (χ2n) is 6.44. The third-order valence-electron chi connectivity index (χ3n) is 4.44. The molecule has 6 heteroatoms. The lowest BCUT2D eigenvalue weighted by Crippen LogP contribution is -2.29. The van der Waals surface area contributed by atoms with Gasteiger partial charge >= 0.3 is 0 Å². The van der Waals surface area contributed by atoms with Gasteiger partial charge in [-0.2, -0.15) is 0 Å². The second kappa shape index (κ2) is 8.08. The SMILES string of the molecule is O=S(=O)(NCc1cccc(CN2CCCCC2)c1)c1ccc(F)cc1. The van der Waals surface area contributed by atoms with Crippen LogP contribution < -0.4 is 4.72 Å². The molecule has 2 aromatic carbocycles. The molecule has 4 nitrogen and oxygen atoms in total. The molecular weight excluding hydrogens is 339 g/mol. The van der Waals surface area contributed by atoms with Crippen molar-refractivity contribution in [2.75, 3.05) is 13.1 Å². The summed E-state index contributed by atoms with van der Waals surface area (Å²) in [7, 11) is -3.64. The molecule has 2 aromatic rings. The normalized spacial score (nSPS) is 16.0. The molecule has 1 heterocycles. The molecule has 0 spiro atoms. The van der Waals surface area contributed by atoms with Gasteiger partial charge in [-0.1, -0.05) is 30.7 Å². The van der Waals surface area contributed by atoms with Crippen LogP contribution in [0.1, 0.15) is 30.4 Å². The van der Waals surface area contributed by atoms with Crippen molar-refractivity contribution in [1.29, 1.82) is 0 Å². The van der Waals surface area contributed by atoms with E-state index in [1.54, 1.807) is 0 Å². The number of likely N-dealkylation sites (tertiary alicyclic amines) is 1. The van der Waals surface area contributed by atoms with Crippen molar-refractivity contribution in [2.24, 2.45) is 0 Å². The summed E-state index contributed by atoms with van der Waals surface area (Å²) in [6.07, 6.45) is 3.80. The first-order chi connectivity index (χ1) is 12.0. The predicted molar refractivity (Wildman–Crippen MR) is 96.0 cm³/mol. The van der Waals surface area contributed by atoms with Crippen molar-refractivity contribution in [3.05, 3.63) is 65.5 Å². The fourth-order valence-electron chi connectivity index (χ4n) is 3.09. The number of benzene rings is 2. The van der Waals surface area contributed by atoms with Crippen molar-refractivity contribution in [2.45, 2.75) is 37.2 Å². The van der Waals surface area contributed by atoms with Gasteiger partial charge in [-0.15, -0.1) is 0 Å². The summed E-state index contributed by atoms with van der Waals surface area (Å²) in [4.78, 5) is 2.50. The van der Waals surface area contributed by atoms with Crippen LogP contribution in [0.4, 0.5) is 4.39 Å². The van der Waals surface area contributed by atoms with Gasteiger partial charge in [0.25, 0.3) is 0 Å². The molecule has 25 heavy (non-hydrogen) atoms. The molecule has 0 unspecified atom stereocenters. The number of nitrogens with zero attached hydrogens (tertiary/aromatic N) is 1. The molecule has 0 bridgehead atoms. The minimum atomic E-state index is -3.64. The summed E-state index contributed by atoms with van der Waals surface area (Å²) < 4.78 is 40.1. The van der Waals surface area contributed by atoms with E-state index in [1.165, 1.54) is 37.0 Å². The van der Waals surface area contributed by atoms with Gasteiger partial charge in [0.1, 0.15) is 5.82 Å². The number of halogens is 1. The van der Waals surface area contributed by atoms with Crippen LogP contribution in [0.25, 0.3) is 0 Å². The van der Waals surface area contributed by atoms with Crippen LogP contribution in [0.5, 0.6) is 0 Å². The van der Waals surface area contributed by atoms with Gasteiger partial charge in [0.2, 0.25) is 10.0 Å². The Hall–Kier alpha value is -1.76. The van der Waals surface area contributed by atoms with E-state index in [0.29, 0.717) is 0 Å². The third kappa shape index (κ3) is 5.11. The first-order valence-corrected chi connectivity index (χ1v) is 10.1. The predicted octanol–water partition coefficient (Wildman–Crippen LogP) is 3.29. The number of hydrogen-bond acceptors (Lipinski definition) is 3. The average Bonchev–Trinajstić information content (AvgIpc) is 2.62. The second-order valence-corrected chi connectivity index (χ2v) is 8.20. The van der Waals surface area contributed by atoms with Crippen LogP contribution in [0.15, 0.2) is 53.4 Å². The maximum Gasteiger partial charge on any atom is 0.240 e. The molecule has 0 atom stereocenters. The summed E-state index contributed by atoms with van der Waals surface area (Å²) in [6.45, 7) is 3.37. The number of piperidine rings is 1. The molecule has 0 radical (unpaired) electrons. The molecule has 134 valence electrons. The lowest BCUT2D eigenvalue weighted by molar-refractivity contribution is 0.221. The van der Waals surface area contributed by atoms with E-state index in [2.05, 4.69) is 15.7 Å². The zero-order valence-corrected chi connectivity index (χ0v) is 14.9. The number of sulfonamides is 1. The van der Waals surface area contributed by atoms with E-state index in [0.717, 1.165) is 37.3 Å². The Morgan fingerprint density at radius 1 is 0.960 bits per heavy atom. The summed E-state index contributed by atoms with van der Waals surface area (Å²) in [5.41, 5.74) is 2.11. The number of nitrogens with one attached hydrogen (secondary N) is 1. The summed E-state index contributed by atoms with van der Waals surface area (Å²) in [5.74, 6) is -0.454. The van der Waals surface area contributed by atoms with Gasteiger partial charge in [-0.3, -0.25) is 4.90 Å². The molecule has 1 aliphatic rings. The molecule has 0 aromatic heterocycles. The van der Waals surface area contributed by atoms with Gasteiger partial charge in [-0.05, 0) is 61.3 Å². The number of rotatable bonds is 6. The first-order valence-electron chi connectivity index (χ1n) is 8.58. The molecule has 1 aliphatic heterocycles. The first kappa shape index (κ1) is 18.0. The molecule has 1 fully saturated rings. The highest BCUT2D eigenvalue weighted by molar-refractivity contribution is 7.89. The van der Waals surface area contributed by atoms with Gasteiger partial charge < -0.3 is 0 Å². The van der Waals surface area contributed by atoms with Crippen LogP contribution in [-0.4, -0.2) is 26.4 Å². The smallest absolute Gasteiger partial charge is 0.240 e. The van der Waals surface area contributed by atoms with E-state index < -0.39 is 15.8 Å². The van der Waals surface area contributed by atoms with Crippen molar-refractivity contribution >= 4 is 10.0 Å². The molecule has 1 N–H and O–H groups in total. The Morgan fingerprint density at radius 2 is 1.64 bits per heavy atom. The van der Waals surface area contributed by atoms with Crippen molar-refractivity contribution in [3.8, 4) is 0 Å². The van der Waals surface area contributed by atoms with Crippen molar-refractivity contribution in [3.63, 3.8) is 0 Å². The van der Waals surface area contributed by atoms with Crippen LogP contribution in [0, 0.1) is 5.82 Å². The van der Waals surface area contributed by atoms with Crippen molar-refractivity contribution < 1.29 is 12.8 Å². The minimum absolute atomic E-state index is 0.0679. The molecule has 0 aliphatic carbocycles. The lowest BCUT2D eigenvalue weighted by atomic mass is 10.1. The molecule has 0 amide bonds. The Balaban J connectivity index is 1.62. The molecule has 0 saturated carbocycles. The van der Waals surface area contributed by atoms with E-state index in [-0.39, 0.29) is 11.4 Å². The van der Waals surface area contributed by atoms with Gasteiger partial charge in [0, 0.05) is 13.1 Å². The monoisotopic (exact) mass is 362 g/mol. The topological polar surface area (TPSA) is 49.4 Å². The fourth-order valence-corrected chi connectivity index (χ4v) is 4.11. The van der Waals surface area contributed by atoms with Gasteiger partial charge in [0.05, 0.1) is 4.90 Å². The summed E-state index contributed by atoms with van der Waals surface area (Å²) >= 11 is 0. The van der Waals surface area contributed by atoms with Gasteiger partial charge in [-0.25, -0.2) is 17.5 Å². The third-order valence-corrected chi connectivity index (χ3v) is 5.85. The zero-order chi connectivity index (χ0) is 17.7.